The van der Waals surface area contributed by atoms with Gasteiger partial charge in [0.05, 0.1) is 4.90 Å². The van der Waals surface area contributed by atoms with Crippen LogP contribution in [0.25, 0.3) is 0 Å². The topological polar surface area (TPSA) is 84.5 Å². The fourth-order valence-electron chi connectivity index (χ4n) is 1.70. The number of aryl methyl sites for hydroxylation is 1. The molecule has 0 saturated heterocycles. The molecule has 9 heteroatoms. The molecule has 0 aliphatic carbocycles. The third-order valence-corrected chi connectivity index (χ3v) is 4.18. The standard InChI is InChI=1S/C15H14F2N2O4S/c1-10-2-5-12(8-14(10)17)18-15(20)9-23-19-24(21,22)13-6-3-11(16)4-7-13/h2-8,19H,9H2,1H3,(H,18,20). The van der Waals surface area contributed by atoms with Crippen LogP contribution in [-0.4, -0.2) is 20.9 Å². The summed E-state index contributed by atoms with van der Waals surface area (Å²) < 4.78 is 49.8. The summed E-state index contributed by atoms with van der Waals surface area (Å²) in [4.78, 5) is 17.8. The predicted octanol–water partition coefficient (Wildman–Crippen LogP) is 2.12. The molecule has 0 heterocycles. The van der Waals surface area contributed by atoms with E-state index in [1.165, 1.54) is 12.1 Å². The molecule has 0 fully saturated rings. The molecule has 0 saturated carbocycles. The van der Waals surface area contributed by atoms with E-state index in [9.17, 15) is 22.0 Å². The van der Waals surface area contributed by atoms with Crippen LogP contribution < -0.4 is 10.2 Å². The van der Waals surface area contributed by atoms with Gasteiger partial charge in [-0.2, -0.15) is 0 Å². The van der Waals surface area contributed by atoms with Crippen molar-refractivity contribution >= 4 is 21.6 Å². The van der Waals surface area contributed by atoms with Crippen LogP contribution in [0.2, 0.25) is 0 Å². The van der Waals surface area contributed by atoms with Crippen molar-refractivity contribution < 1.29 is 26.8 Å². The van der Waals surface area contributed by atoms with Crippen LogP contribution in [0.5, 0.6) is 0 Å². The quantitative estimate of drug-likeness (QED) is 0.777. The Labute approximate surface area is 137 Å². The minimum Gasteiger partial charge on any atom is -0.324 e. The first-order valence-corrected chi connectivity index (χ1v) is 8.21. The van der Waals surface area contributed by atoms with Crippen molar-refractivity contribution in [2.24, 2.45) is 0 Å². The first-order chi connectivity index (χ1) is 11.3. The maximum Gasteiger partial charge on any atom is 0.262 e. The molecule has 0 aliphatic heterocycles. The molecule has 0 bridgehead atoms. The van der Waals surface area contributed by atoms with Gasteiger partial charge in [0.15, 0.2) is 0 Å². The molecular formula is C15H14F2N2O4S. The lowest BCUT2D eigenvalue weighted by molar-refractivity contribution is -0.121. The summed E-state index contributed by atoms with van der Waals surface area (Å²) in [7, 11) is -4.04. The Bertz CT molecular complexity index is 839. The molecule has 0 atom stereocenters. The van der Waals surface area contributed by atoms with Gasteiger partial charge in [-0.05, 0) is 48.9 Å². The van der Waals surface area contributed by atoms with E-state index in [0.717, 1.165) is 30.3 Å². The summed E-state index contributed by atoms with van der Waals surface area (Å²) in [6.45, 7) is 0.949. The first kappa shape index (κ1) is 18.0. The number of anilines is 1. The Kier molecular flexibility index (Phi) is 5.60. The predicted molar refractivity (Wildman–Crippen MR) is 82.4 cm³/mol. The van der Waals surface area contributed by atoms with E-state index in [2.05, 4.69) is 10.2 Å². The molecule has 0 unspecified atom stereocenters. The van der Waals surface area contributed by atoms with Gasteiger partial charge in [0, 0.05) is 5.69 Å². The zero-order chi connectivity index (χ0) is 17.7. The van der Waals surface area contributed by atoms with Crippen LogP contribution in [0.4, 0.5) is 14.5 Å². The largest absolute Gasteiger partial charge is 0.324 e. The Balaban J connectivity index is 1.87. The molecule has 24 heavy (non-hydrogen) atoms. The van der Waals surface area contributed by atoms with Crippen molar-refractivity contribution in [2.45, 2.75) is 11.8 Å². The van der Waals surface area contributed by atoms with Gasteiger partial charge in [0.2, 0.25) is 0 Å². The van der Waals surface area contributed by atoms with E-state index in [-0.39, 0.29) is 10.6 Å². The third-order valence-electron chi connectivity index (χ3n) is 2.95. The Morgan fingerprint density at radius 2 is 1.79 bits per heavy atom. The smallest absolute Gasteiger partial charge is 0.262 e. The van der Waals surface area contributed by atoms with Gasteiger partial charge in [0.25, 0.3) is 15.9 Å². The summed E-state index contributed by atoms with van der Waals surface area (Å²) in [5, 5.41) is 2.36. The van der Waals surface area contributed by atoms with Crippen LogP contribution in [0.3, 0.4) is 0 Å². The van der Waals surface area contributed by atoms with E-state index in [0.29, 0.717) is 5.56 Å². The second-order valence-corrected chi connectivity index (χ2v) is 6.49. The lowest BCUT2D eigenvalue weighted by Gasteiger charge is -2.08. The molecule has 0 aromatic heterocycles. The average Bonchev–Trinajstić information content (AvgIpc) is 2.51. The number of hydrogen-bond acceptors (Lipinski definition) is 4. The fourth-order valence-corrected chi connectivity index (χ4v) is 2.51. The second-order valence-electron chi connectivity index (χ2n) is 4.84. The number of amides is 1. The SMILES string of the molecule is Cc1ccc(NC(=O)CONS(=O)(=O)c2ccc(F)cc2)cc1F. The number of halogens is 2. The molecule has 0 aliphatic rings. The summed E-state index contributed by atoms with van der Waals surface area (Å²) in [6, 6.07) is 8.19. The van der Waals surface area contributed by atoms with Crippen molar-refractivity contribution in [2.75, 3.05) is 11.9 Å². The van der Waals surface area contributed by atoms with Gasteiger partial charge in [-0.25, -0.2) is 17.2 Å². The third kappa shape index (κ3) is 4.82. The summed E-state index contributed by atoms with van der Waals surface area (Å²) in [5.74, 6) is -1.75. The molecular weight excluding hydrogens is 342 g/mol. The van der Waals surface area contributed by atoms with Gasteiger partial charge in [-0.3, -0.25) is 9.63 Å². The fraction of sp³-hybridized carbons (Fsp3) is 0.133. The summed E-state index contributed by atoms with van der Waals surface area (Å²) >= 11 is 0. The maximum atomic E-state index is 13.4. The van der Waals surface area contributed by atoms with Gasteiger partial charge < -0.3 is 5.32 Å². The zero-order valence-electron chi connectivity index (χ0n) is 12.5. The Morgan fingerprint density at radius 3 is 2.42 bits per heavy atom. The average molecular weight is 356 g/mol. The number of nitrogens with one attached hydrogen (secondary N) is 2. The van der Waals surface area contributed by atoms with Crippen LogP contribution in [0.15, 0.2) is 47.4 Å². The monoisotopic (exact) mass is 356 g/mol. The molecule has 1 amide bonds. The Hall–Kier alpha value is -2.36. The van der Waals surface area contributed by atoms with Crippen molar-refractivity contribution in [3.05, 3.63) is 59.7 Å². The summed E-state index contributed by atoms with van der Waals surface area (Å²) in [5.41, 5.74) is 0.643. The minimum atomic E-state index is -4.04. The first-order valence-electron chi connectivity index (χ1n) is 6.73. The second kappa shape index (κ2) is 7.47. The normalized spacial score (nSPS) is 11.3. The molecule has 0 spiro atoms. The minimum absolute atomic E-state index is 0.216. The highest BCUT2D eigenvalue weighted by atomic mass is 32.2. The van der Waals surface area contributed by atoms with Gasteiger partial charge in [0.1, 0.15) is 18.2 Å². The van der Waals surface area contributed by atoms with Crippen molar-refractivity contribution in [1.82, 2.24) is 4.89 Å². The highest BCUT2D eigenvalue weighted by molar-refractivity contribution is 7.89. The lowest BCUT2D eigenvalue weighted by atomic mass is 10.2. The van der Waals surface area contributed by atoms with Crippen LogP contribution >= 0.6 is 0 Å². The number of benzene rings is 2. The van der Waals surface area contributed by atoms with Gasteiger partial charge >= 0.3 is 0 Å². The highest BCUT2D eigenvalue weighted by Crippen LogP contribution is 2.13. The van der Waals surface area contributed by atoms with E-state index < -0.39 is 34.2 Å². The maximum absolute atomic E-state index is 13.4. The van der Waals surface area contributed by atoms with Gasteiger partial charge in [-0.1, -0.05) is 11.0 Å². The van der Waals surface area contributed by atoms with Crippen LogP contribution in [0, 0.1) is 18.6 Å². The number of sulfonamides is 1. The molecule has 0 radical (unpaired) electrons. The number of rotatable bonds is 6. The van der Waals surface area contributed by atoms with E-state index in [1.807, 2.05) is 0 Å². The van der Waals surface area contributed by atoms with Crippen molar-refractivity contribution in [3.63, 3.8) is 0 Å². The van der Waals surface area contributed by atoms with Crippen LogP contribution in [0.1, 0.15) is 5.56 Å². The number of carbonyl (C=O) groups excluding carboxylic acids is 1. The lowest BCUT2D eigenvalue weighted by Crippen LogP contribution is -2.29. The number of carbonyl (C=O) groups is 1. The van der Waals surface area contributed by atoms with Gasteiger partial charge in [-0.15, -0.1) is 0 Å². The highest BCUT2D eigenvalue weighted by Gasteiger charge is 2.15. The molecule has 2 rings (SSSR count). The van der Waals surface area contributed by atoms with Crippen molar-refractivity contribution in [3.8, 4) is 0 Å². The van der Waals surface area contributed by atoms with Crippen LogP contribution in [-0.2, 0) is 19.7 Å². The molecule has 6 nitrogen and oxygen atoms in total. The summed E-state index contributed by atoms with van der Waals surface area (Å²) in [6.07, 6.45) is 0. The molecule has 2 N–H and O–H groups in total. The zero-order valence-corrected chi connectivity index (χ0v) is 13.4. The molecule has 2 aromatic carbocycles. The van der Waals surface area contributed by atoms with E-state index >= 15 is 0 Å². The number of hydrogen-bond donors (Lipinski definition) is 2. The Morgan fingerprint density at radius 1 is 1.12 bits per heavy atom. The van der Waals surface area contributed by atoms with Crippen molar-refractivity contribution in [1.29, 1.82) is 0 Å². The molecule has 128 valence electrons. The van der Waals surface area contributed by atoms with E-state index in [1.54, 1.807) is 11.8 Å². The molecule has 2 aromatic rings. The van der Waals surface area contributed by atoms with E-state index in [4.69, 9.17) is 0 Å².